The maximum atomic E-state index is 14.4. The van der Waals surface area contributed by atoms with Gasteiger partial charge in [-0.3, -0.25) is 9.79 Å². The second kappa shape index (κ2) is 9.67. The Kier molecular flexibility index (Phi) is 6.98. The van der Waals surface area contributed by atoms with Crippen LogP contribution in [0.3, 0.4) is 0 Å². The lowest BCUT2D eigenvalue weighted by atomic mass is 10.1. The molecule has 164 valence electrons. The Labute approximate surface area is 175 Å². The molecule has 4 N–H and O–H groups in total. The predicted octanol–water partition coefficient (Wildman–Crippen LogP) is 3.08. The van der Waals surface area contributed by atoms with Crippen molar-refractivity contribution < 1.29 is 27.1 Å². The first kappa shape index (κ1) is 22.4. The van der Waals surface area contributed by atoms with Crippen molar-refractivity contribution in [1.82, 2.24) is 10.3 Å². The van der Waals surface area contributed by atoms with Crippen molar-refractivity contribution in [2.24, 2.45) is 10.7 Å². The standard InChI is InChI=1S/C20H19F4N5O2/c21-16-7-13(1-3-15(16)17-11-26-5-6-31-17)29-19(30)12(8-25)9-27-14-2-4-18(28-10-14)20(22,23)24/h1-4,7-10,17,26H,5-6,11,25H2,(H,29,30)/t17-/m1/s1. The summed E-state index contributed by atoms with van der Waals surface area (Å²) in [6.45, 7) is 1.66. The number of morpholine rings is 1. The van der Waals surface area contributed by atoms with E-state index in [1.54, 1.807) is 0 Å². The van der Waals surface area contributed by atoms with Crippen molar-refractivity contribution in [2.75, 3.05) is 25.0 Å². The number of aliphatic imine (C=N–C) groups is 1. The highest BCUT2D eigenvalue weighted by Crippen LogP contribution is 2.28. The molecule has 0 saturated carbocycles. The molecule has 0 radical (unpaired) electrons. The van der Waals surface area contributed by atoms with Crippen LogP contribution in [0.5, 0.6) is 0 Å². The molecule has 2 aromatic rings. The molecule has 0 unspecified atom stereocenters. The minimum atomic E-state index is -4.56. The molecule has 0 aliphatic carbocycles. The first-order chi connectivity index (χ1) is 14.8. The number of anilines is 1. The Morgan fingerprint density at radius 3 is 2.71 bits per heavy atom. The lowest BCUT2D eigenvalue weighted by molar-refractivity contribution is -0.141. The van der Waals surface area contributed by atoms with Gasteiger partial charge in [0.05, 0.1) is 30.2 Å². The number of rotatable bonds is 5. The molecule has 1 saturated heterocycles. The average Bonchev–Trinajstić information content (AvgIpc) is 2.74. The largest absolute Gasteiger partial charge is 0.433 e. The van der Waals surface area contributed by atoms with E-state index in [1.165, 1.54) is 12.1 Å². The van der Waals surface area contributed by atoms with Gasteiger partial charge in [-0.05, 0) is 24.3 Å². The monoisotopic (exact) mass is 437 g/mol. The molecule has 3 rings (SSSR count). The summed E-state index contributed by atoms with van der Waals surface area (Å²) >= 11 is 0. The Morgan fingerprint density at radius 1 is 1.32 bits per heavy atom. The molecule has 1 amide bonds. The van der Waals surface area contributed by atoms with Crippen molar-refractivity contribution in [3.8, 4) is 0 Å². The van der Waals surface area contributed by atoms with Gasteiger partial charge in [0.2, 0.25) is 0 Å². The van der Waals surface area contributed by atoms with Gasteiger partial charge in [0.1, 0.15) is 11.5 Å². The van der Waals surface area contributed by atoms with E-state index >= 15 is 0 Å². The summed E-state index contributed by atoms with van der Waals surface area (Å²) in [7, 11) is 0. The molecule has 11 heteroatoms. The van der Waals surface area contributed by atoms with Crippen molar-refractivity contribution in [1.29, 1.82) is 0 Å². The van der Waals surface area contributed by atoms with E-state index in [2.05, 4.69) is 20.6 Å². The second-order valence-electron chi connectivity index (χ2n) is 6.53. The number of pyridine rings is 1. The number of amides is 1. The first-order valence-corrected chi connectivity index (χ1v) is 9.20. The maximum absolute atomic E-state index is 14.4. The Morgan fingerprint density at radius 2 is 2.13 bits per heavy atom. The summed E-state index contributed by atoms with van der Waals surface area (Å²) in [6.07, 6.45) is -2.01. The van der Waals surface area contributed by atoms with Crippen molar-refractivity contribution in [3.63, 3.8) is 0 Å². The summed E-state index contributed by atoms with van der Waals surface area (Å²) in [5.74, 6) is -1.21. The molecule has 1 aliphatic heterocycles. The van der Waals surface area contributed by atoms with Crippen molar-refractivity contribution in [3.05, 3.63) is 65.4 Å². The summed E-state index contributed by atoms with van der Waals surface area (Å²) in [5, 5.41) is 5.60. The smallest absolute Gasteiger partial charge is 0.404 e. The summed E-state index contributed by atoms with van der Waals surface area (Å²) in [6, 6.07) is 6.09. The number of hydrogen-bond donors (Lipinski definition) is 3. The van der Waals surface area contributed by atoms with Gasteiger partial charge in [0.15, 0.2) is 0 Å². The molecule has 2 heterocycles. The highest BCUT2D eigenvalue weighted by molar-refractivity contribution is 6.18. The number of hydrogen-bond acceptors (Lipinski definition) is 6. The minimum Gasteiger partial charge on any atom is -0.404 e. The van der Waals surface area contributed by atoms with Gasteiger partial charge in [-0.2, -0.15) is 13.2 Å². The van der Waals surface area contributed by atoms with Crippen LogP contribution in [0.25, 0.3) is 0 Å². The Bertz CT molecular complexity index is 984. The van der Waals surface area contributed by atoms with Crippen LogP contribution in [0, 0.1) is 5.82 Å². The molecule has 1 aliphatic rings. The number of aromatic nitrogens is 1. The number of alkyl halides is 3. The highest BCUT2D eigenvalue weighted by Gasteiger charge is 2.32. The van der Waals surface area contributed by atoms with Gasteiger partial charge in [0.25, 0.3) is 5.91 Å². The molecule has 1 fully saturated rings. The number of benzene rings is 1. The van der Waals surface area contributed by atoms with Gasteiger partial charge >= 0.3 is 6.18 Å². The van der Waals surface area contributed by atoms with Crippen LogP contribution < -0.4 is 16.4 Å². The van der Waals surface area contributed by atoms with E-state index in [9.17, 15) is 22.4 Å². The van der Waals surface area contributed by atoms with E-state index in [1.807, 2.05) is 0 Å². The molecular formula is C20H19F4N5O2. The van der Waals surface area contributed by atoms with Gasteiger partial charge in [0, 0.05) is 36.8 Å². The van der Waals surface area contributed by atoms with Crippen molar-refractivity contribution in [2.45, 2.75) is 12.3 Å². The molecule has 7 nitrogen and oxygen atoms in total. The fraction of sp³-hybridized carbons (Fsp3) is 0.250. The van der Waals surface area contributed by atoms with Gasteiger partial charge < -0.3 is 21.1 Å². The topological polar surface area (TPSA) is 102 Å². The predicted molar refractivity (Wildman–Crippen MR) is 106 cm³/mol. The number of ether oxygens (including phenoxy) is 1. The molecule has 1 atom stereocenters. The maximum Gasteiger partial charge on any atom is 0.433 e. The molecular weight excluding hydrogens is 418 g/mol. The first-order valence-electron chi connectivity index (χ1n) is 9.20. The molecule has 1 aromatic heterocycles. The van der Waals surface area contributed by atoms with Crippen LogP contribution in [-0.2, 0) is 15.7 Å². The SMILES string of the molecule is NC=C(C=Nc1ccc(C(F)(F)F)nc1)C(=O)Nc1ccc([C@H]2CNCCO2)c(F)c1. The Balaban J connectivity index is 1.65. The zero-order valence-electron chi connectivity index (χ0n) is 16.1. The second-order valence-corrected chi connectivity index (χ2v) is 6.53. The number of carbonyl (C=O) groups excluding carboxylic acids is 1. The van der Waals surface area contributed by atoms with Crippen LogP contribution in [0.2, 0.25) is 0 Å². The van der Waals surface area contributed by atoms with E-state index in [0.717, 1.165) is 36.8 Å². The van der Waals surface area contributed by atoms with E-state index in [4.69, 9.17) is 10.5 Å². The third kappa shape index (κ3) is 5.86. The molecule has 0 spiro atoms. The van der Waals surface area contributed by atoms with E-state index in [0.29, 0.717) is 25.3 Å². The third-order valence-corrected chi connectivity index (χ3v) is 4.37. The van der Waals surface area contributed by atoms with Crippen LogP contribution >= 0.6 is 0 Å². The average molecular weight is 437 g/mol. The summed E-state index contributed by atoms with van der Waals surface area (Å²) in [5.41, 5.74) is 4.97. The molecule has 1 aromatic carbocycles. The lowest BCUT2D eigenvalue weighted by Crippen LogP contribution is -2.33. The number of carbonyl (C=O) groups is 1. The molecule has 31 heavy (non-hydrogen) atoms. The normalized spacial score (nSPS) is 17.7. The number of nitrogens with two attached hydrogens (primary N) is 1. The summed E-state index contributed by atoms with van der Waals surface area (Å²) < 4.78 is 57.6. The van der Waals surface area contributed by atoms with E-state index in [-0.39, 0.29) is 16.9 Å². The van der Waals surface area contributed by atoms with Gasteiger partial charge in [-0.25, -0.2) is 9.37 Å². The van der Waals surface area contributed by atoms with Crippen LogP contribution in [0.4, 0.5) is 28.9 Å². The number of halogens is 4. The zero-order chi connectivity index (χ0) is 22.4. The van der Waals surface area contributed by atoms with Crippen LogP contribution in [0.15, 0.2) is 53.3 Å². The number of nitrogens with one attached hydrogen (secondary N) is 2. The fourth-order valence-electron chi connectivity index (χ4n) is 2.79. The highest BCUT2D eigenvalue weighted by atomic mass is 19.4. The van der Waals surface area contributed by atoms with Gasteiger partial charge in [-0.15, -0.1) is 0 Å². The Hall–Kier alpha value is -3.31. The number of nitrogens with zero attached hydrogens (tertiary/aromatic N) is 2. The lowest BCUT2D eigenvalue weighted by Gasteiger charge is -2.24. The fourth-order valence-corrected chi connectivity index (χ4v) is 2.79. The van der Waals surface area contributed by atoms with Crippen LogP contribution in [-0.4, -0.2) is 36.8 Å². The molecule has 0 bridgehead atoms. The third-order valence-electron chi connectivity index (χ3n) is 4.37. The van der Waals surface area contributed by atoms with Crippen LogP contribution in [0.1, 0.15) is 17.4 Å². The summed E-state index contributed by atoms with van der Waals surface area (Å²) in [4.78, 5) is 19.5. The quantitative estimate of drug-likeness (QED) is 0.379. The van der Waals surface area contributed by atoms with Crippen molar-refractivity contribution >= 4 is 23.5 Å². The minimum absolute atomic E-state index is 0.0794. The zero-order valence-corrected chi connectivity index (χ0v) is 16.1. The van der Waals surface area contributed by atoms with E-state index < -0.39 is 29.7 Å². The van der Waals surface area contributed by atoms with Gasteiger partial charge in [-0.1, -0.05) is 6.07 Å².